The fourth-order valence-corrected chi connectivity index (χ4v) is 1.93. The topological polar surface area (TPSA) is 63.6 Å². The summed E-state index contributed by atoms with van der Waals surface area (Å²) in [5.41, 5.74) is -1.38. The van der Waals surface area contributed by atoms with Gasteiger partial charge in [0.15, 0.2) is 11.2 Å². The summed E-state index contributed by atoms with van der Waals surface area (Å²) >= 11 is 0. The first-order valence-corrected chi connectivity index (χ1v) is 5.41. The maximum atomic E-state index is 12.1. The lowest BCUT2D eigenvalue weighted by Gasteiger charge is -2.40. The molecule has 0 aromatic heterocycles. The van der Waals surface area contributed by atoms with E-state index < -0.39 is 29.4 Å². The van der Waals surface area contributed by atoms with Crippen LogP contribution in [0.1, 0.15) is 26.7 Å². The molecule has 1 N–H and O–H groups in total. The number of carboxylic acids is 1. The molecular formula is C13H16O4. The quantitative estimate of drug-likeness (QED) is 0.457. The highest BCUT2D eigenvalue weighted by Crippen LogP contribution is 2.38. The van der Waals surface area contributed by atoms with Gasteiger partial charge in [-0.05, 0) is 20.3 Å². The van der Waals surface area contributed by atoms with E-state index in [0.717, 1.165) is 0 Å². The van der Waals surface area contributed by atoms with Crippen molar-refractivity contribution in [3.63, 3.8) is 0 Å². The molecule has 0 saturated carbocycles. The van der Waals surface area contributed by atoms with E-state index >= 15 is 0 Å². The Morgan fingerprint density at radius 1 is 1.71 bits per heavy atom. The highest BCUT2D eigenvalue weighted by Gasteiger charge is 2.53. The van der Waals surface area contributed by atoms with Crippen LogP contribution in [0.15, 0.2) is 12.2 Å². The summed E-state index contributed by atoms with van der Waals surface area (Å²) in [6.07, 6.45) is 4.71. The number of terminal acetylenes is 1. The number of aliphatic carboxylic acids is 1. The summed E-state index contributed by atoms with van der Waals surface area (Å²) in [4.78, 5) is 23.4. The Labute approximate surface area is 101 Å². The van der Waals surface area contributed by atoms with Crippen molar-refractivity contribution in [1.29, 1.82) is 0 Å². The lowest BCUT2D eigenvalue weighted by molar-refractivity contribution is -0.172. The van der Waals surface area contributed by atoms with Crippen LogP contribution in [0.25, 0.3) is 0 Å². The molecule has 0 amide bonds. The number of ether oxygens (including phenoxy) is 1. The number of hydrogen-bond acceptors (Lipinski definition) is 3. The van der Waals surface area contributed by atoms with Crippen molar-refractivity contribution in [3.05, 3.63) is 12.2 Å². The van der Waals surface area contributed by atoms with Gasteiger partial charge in [-0.1, -0.05) is 6.58 Å². The van der Waals surface area contributed by atoms with Gasteiger partial charge in [0, 0.05) is 12.0 Å². The zero-order valence-electron chi connectivity index (χ0n) is 10.0. The van der Waals surface area contributed by atoms with Crippen LogP contribution < -0.4 is 0 Å². The Balaban J connectivity index is 3.09. The Hall–Kier alpha value is -1.60. The predicted octanol–water partition coefficient (Wildman–Crippen LogP) is 1.40. The maximum Gasteiger partial charge on any atom is 0.319 e. The Bertz CT molecular complexity index is 404. The zero-order chi connectivity index (χ0) is 13.2. The monoisotopic (exact) mass is 236 g/mol. The van der Waals surface area contributed by atoms with Crippen molar-refractivity contribution in [3.8, 4) is 12.3 Å². The van der Waals surface area contributed by atoms with E-state index in [-0.39, 0.29) is 5.57 Å². The van der Waals surface area contributed by atoms with Gasteiger partial charge in [-0.2, -0.15) is 0 Å². The second kappa shape index (κ2) is 4.72. The van der Waals surface area contributed by atoms with Gasteiger partial charge in [0.25, 0.3) is 0 Å². The molecule has 0 aliphatic carbocycles. The molecule has 4 nitrogen and oxygen atoms in total. The van der Waals surface area contributed by atoms with Gasteiger partial charge < -0.3 is 9.84 Å². The third-order valence-electron chi connectivity index (χ3n) is 3.26. The minimum Gasteiger partial charge on any atom is -0.480 e. The number of carboxylic acid groups (broad SMARTS) is 1. The normalized spacial score (nSPS) is 33.2. The molecule has 4 heteroatoms. The van der Waals surface area contributed by atoms with Gasteiger partial charge in [-0.15, -0.1) is 12.3 Å². The van der Waals surface area contributed by atoms with Crippen molar-refractivity contribution in [1.82, 2.24) is 0 Å². The average molecular weight is 236 g/mol. The SMILES string of the molecule is C#CCC[C@@H]1O[C@H](C)C(=C)C(=O)[C@]1(C)C(=O)O. The van der Waals surface area contributed by atoms with Gasteiger partial charge >= 0.3 is 5.97 Å². The van der Waals surface area contributed by atoms with Crippen molar-refractivity contribution in [2.75, 3.05) is 0 Å². The Kier molecular flexibility index (Phi) is 3.74. The molecule has 0 bridgehead atoms. The summed E-state index contributed by atoms with van der Waals surface area (Å²) in [6.45, 7) is 6.65. The van der Waals surface area contributed by atoms with Gasteiger partial charge in [0.2, 0.25) is 0 Å². The summed E-state index contributed by atoms with van der Waals surface area (Å²) in [7, 11) is 0. The van der Waals surface area contributed by atoms with Crippen LogP contribution in [0.3, 0.4) is 0 Å². The smallest absolute Gasteiger partial charge is 0.319 e. The molecule has 1 heterocycles. The molecular weight excluding hydrogens is 220 g/mol. The number of Topliss-reactive ketones (excluding diaryl/α,β-unsaturated/α-hetero) is 1. The molecule has 1 fully saturated rings. The van der Waals surface area contributed by atoms with E-state index in [2.05, 4.69) is 12.5 Å². The largest absolute Gasteiger partial charge is 0.480 e. The number of ketones is 1. The third-order valence-corrected chi connectivity index (χ3v) is 3.26. The fraction of sp³-hybridized carbons (Fsp3) is 0.538. The first kappa shape index (κ1) is 13.5. The molecule has 0 aromatic carbocycles. The van der Waals surface area contributed by atoms with E-state index in [1.807, 2.05) is 0 Å². The van der Waals surface area contributed by atoms with Gasteiger partial charge in [0.1, 0.15) is 0 Å². The van der Waals surface area contributed by atoms with Crippen LogP contribution in [0, 0.1) is 17.8 Å². The minimum atomic E-state index is -1.58. The second-order valence-corrected chi connectivity index (χ2v) is 4.37. The standard InChI is InChI=1S/C13H16O4/c1-5-6-7-10-13(4,12(15)16)11(14)8(2)9(3)17-10/h1,9-10H,2,6-7H2,3-4H3,(H,15,16)/t9-,10+,13-/m1/s1. The second-order valence-electron chi connectivity index (χ2n) is 4.37. The summed E-state index contributed by atoms with van der Waals surface area (Å²) < 4.78 is 5.55. The van der Waals surface area contributed by atoms with Crippen LogP contribution in [0.5, 0.6) is 0 Å². The molecule has 0 aromatic rings. The van der Waals surface area contributed by atoms with Crippen LogP contribution in [0.4, 0.5) is 0 Å². The molecule has 1 aliphatic heterocycles. The van der Waals surface area contributed by atoms with E-state index in [1.54, 1.807) is 6.92 Å². The number of carbonyl (C=O) groups is 2. The molecule has 0 unspecified atom stereocenters. The summed E-state index contributed by atoms with van der Waals surface area (Å²) in [6, 6.07) is 0. The Morgan fingerprint density at radius 2 is 2.29 bits per heavy atom. The van der Waals surface area contributed by atoms with Crippen LogP contribution >= 0.6 is 0 Å². The predicted molar refractivity (Wildman–Crippen MR) is 62.3 cm³/mol. The highest BCUT2D eigenvalue weighted by atomic mass is 16.5. The first-order chi connectivity index (χ1) is 7.85. The van der Waals surface area contributed by atoms with Crippen molar-refractivity contribution in [2.24, 2.45) is 5.41 Å². The maximum absolute atomic E-state index is 12.1. The molecule has 1 aliphatic rings. The zero-order valence-corrected chi connectivity index (χ0v) is 10.0. The van der Waals surface area contributed by atoms with E-state index in [9.17, 15) is 14.7 Å². The van der Waals surface area contributed by atoms with E-state index in [1.165, 1.54) is 6.92 Å². The lowest BCUT2D eigenvalue weighted by atomic mass is 9.72. The van der Waals surface area contributed by atoms with Crippen LogP contribution in [-0.4, -0.2) is 29.1 Å². The molecule has 17 heavy (non-hydrogen) atoms. The highest BCUT2D eigenvalue weighted by molar-refractivity contribution is 6.12. The molecule has 92 valence electrons. The molecule has 3 atom stereocenters. The molecule has 1 saturated heterocycles. The number of hydrogen-bond donors (Lipinski definition) is 1. The molecule has 1 rings (SSSR count). The Morgan fingerprint density at radius 3 is 2.76 bits per heavy atom. The third kappa shape index (κ3) is 2.11. The lowest BCUT2D eigenvalue weighted by Crippen LogP contribution is -2.54. The first-order valence-electron chi connectivity index (χ1n) is 5.41. The van der Waals surface area contributed by atoms with Gasteiger partial charge in [-0.25, -0.2) is 0 Å². The fourth-order valence-electron chi connectivity index (χ4n) is 1.93. The van der Waals surface area contributed by atoms with E-state index in [4.69, 9.17) is 11.2 Å². The van der Waals surface area contributed by atoms with Crippen molar-refractivity contribution >= 4 is 11.8 Å². The van der Waals surface area contributed by atoms with E-state index in [0.29, 0.717) is 12.8 Å². The van der Waals surface area contributed by atoms with Crippen LogP contribution in [-0.2, 0) is 14.3 Å². The van der Waals surface area contributed by atoms with Crippen LogP contribution in [0.2, 0.25) is 0 Å². The number of rotatable bonds is 3. The molecule has 0 spiro atoms. The number of carbonyl (C=O) groups excluding carboxylic acids is 1. The summed E-state index contributed by atoms with van der Waals surface area (Å²) in [5.74, 6) is 0.762. The average Bonchev–Trinajstić information content (AvgIpc) is 2.29. The minimum absolute atomic E-state index is 0.201. The van der Waals surface area contributed by atoms with Gasteiger partial charge in [-0.3, -0.25) is 9.59 Å². The van der Waals surface area contributed by atoms with Crippen molar-refractivity contribution < 1.29 is 19.4 Å². The molecule has 0 radical (unpaired) electrons. The van der Waals surface area contributed by atoms with Gasteiger partial charge in [0.05, 0.1) is 12.2 Å². The summed E-state index contributed by atoms with van der Waals surface area (Å²) in [5, 5.41) is 9.25. The van der Waals surface area contributed by atoms with Crippen molar-refractivity contribution in [2.45, 2.75) is 38.9 Å².